The van der Waals surface area contributed by atoms with Crippen LogP contribution in [-0.2, 0) is 26.2 Å². The molecule has 6 heteroatoms. The fourth-order valence-corrected chi connectivity index (χ4v) is 5.04. The Balaban J connectivity index is 0.000000187. The predicted octanol–water partition coefficient (Wildman–Crippen LogP) is 6.53. The minimum absolute atomic E-state index is 0.569. The molecule has 38 heavy (non-hydrogen) atoms. The molecule has 0 aliphatic carbocycles. The minimum atomic E-state index is 0.569. The van der Waals surface area contributed by atoms with Gasteiger partial charge in [0.1, 0.15) is 0 Å². The maximum Gasteiger partial charge on any atom is 0.0949 e. The van der Waals surface area contributed by atoms with Crippen molar-refractivity contribution in [2.45, 2.75) is 59.8 Å². The summed E-state index contributed by atoms with van der Waals surface area (Å²) in [5, 5.41) is 0. The van der Waals surface area contributed by atoms with E-state index in [9.17, 15) is 0 Å². The molecule has 2 aliphatic rings. The monoisotopic (exact) mass is 512 g/mol. The molecule has 2 aromatic heterocycles. The summed E-state index contributed by atoms with van der Waals surface area (Å²) in [6, 6.07) is 17.4. The van der Waals surface area contributed by atoms with Gasteiger partial charge in [-0.2, -0.15) is 0 Å². The molecule has 0 fully saturated rings. The number of hydrogen-bond acceptors (Lipinski definition) is 4. The van der Waals surface area contributed by atoms with Gasteiger partial charge in [-0.3, -0.25) is 0 Å². The average Bonchev–Trinajstić information content (AvgIpc) is 3.66. The Morgan fingerprint density at radius 2 is 1.39 bits per heavy atom. The molecule has 1 atom stereocenters. The smallest absolute Gasteiger partial charge is 0.0949 e. The second-order valence-corrected chi connectivity index (χ2v) is 9.31. The van der Waals surface area contributed by atoms with Crippen LogP contribution in [0.25, 0.3) is 5.57 Å². The van der Waals surface area contributed by atoms with Crippen molar-refractivity contribution in [3.8, 4) is 0 Å². The van der Waals surface area contributed by atoms with E-state index in [-0.39, 0.29) is 0 Å². The lowest BCUT2D eigenvalue weighted by atomic mass is 9.90. The van der Waals surface area contributed by atoms with Crippen LogP contribution in [-0.4, -0.2) is 49.5 Å². The molecule has 6 nitrogen and oxygen atoms in total. The van der Waals surface area contributed by atoms with Gasteiger partial charge in [0.2, 0.25) is 0 Å². The number of aromatic nitrogens is 4. The Bertz CT molecular complexity index is 1230. The fourth-order valence-electron chi connectivity index (χ4n) is 5.04. The molecular weight excluding hydrogens is 468 g/mol. The van der Waals surface area contributed by atoms with Gasteiger partial charge in [0.25, 0.3) is 0 Å². The normalized spacial score (nSPS) is 15.8. The summed E-state index contributed by atoms with van der Waals surface area (Å²) in [6.45, 7) is 13.1. The molecule has 6 rings (SSSR count). The summed E-state index contributed by atoms with van der Waals surface area (Å²) in [5.41, 5.74) is 7.06. The van der Waals surface area contributed by atoms with Gasteiger partial charge in [-0.1, -0.05) is 76.2 Å². The van der Waals surface area contributed by atoms with E-state index in [0.29, 0.717) is 5.92 Å². The summed E-state index contributed by atoms with van der Waals surface area (Å²) in [5.74, 6) is 0.569. The van der Waals surface area contributed by atoms with Gasteiger partial charge in [0.05, 0.1) is 19.2 Å². The van der Waals surface area contributed by atoms with Crippen molar-refractivity contribution >= 4 is 5.57 Å². The van der Waals surface area contributed by atoms with Crippen LogP contribution in [0.2, 0.25) is 0 Å². The zero-order valence-electron chi connectivity index (χ0n) is 24.0. The molecule has 4 heterocycles. The highest BCUT2D eigenvalue weighted by Gasteiger charge is 2.23. The first-order valence-electron chi connectivity index (χ1n) is 13.8. The number of fused-ring (bicyclic) bond motifs is 2. The number of likely N-dealkylation sites (N-methyl/N-ethyl adjacent to an activating group) is 1. The third-order valence-electron chi connectivity index (χ3n) is 6.53. The van der Waals surface area contributed by atoms with Crippen LogP contribution in [0.1, 0.15) is 55.9 Å². The highest BCUT2D eigenvalue weighted by Crippen LogP contribution is 2.29. The van der Waals surface area contributed by atoms with E-state index < -0.39 is 0 Å². The van der Waals surface area contributed by atoms with Crippen LogP contribution in [0.3, 0.4) is 0 Å². The Morgan fingerprint density at radius 3 is 2.08 bits per heavy atom. The minimum Gasteiger partial charge on any atom is -0.376 e. The Labute approximate surface area is 229 Å². The van der Waals surface area contributed by atoms with Crippen LogP contribution < -0.4 is 0 Å². The van der Waals surface area contributed by atoms with Crippen molar-refractivity contribution < 1.29 is 0 Å². The fraction of sp³-hybridized carbons (Fsp3) is 0.375. The molecule has 1 unspecified atom stereocenters. The standard InChI is InChI=1S/C14H17N3.C14H15N3.2C2H6/c2*1-16-8-12-4-2-3-5-14(12)13(9-16)10-17-7-6-15-11-17;2*1-2/h2-7,11,13H,8-10H2,1H3;2-7,9,11H,8,10H2,1H3;2*1-2H3. The topological polar surface area (TPSA) is 42.1 Å². The SMILES string of the molecule is CC.CC.CN1C=C(Cn2ccnc2)c2ccccc2C1.CN1Cc2ccccc2C(Cn2ccnc2)C1. The van der Waals surface area contributed by atoms with Crippen molar-refractivity contribution in [2.75, 3.05) is 20.6 Å². The summed E-state index contributed by atoms with van der Waals surface area (Å²) in [6.07, 6.45) is 13.7. The van der Waals surface area contributed by atoms with Crippen molar-refractivity contribution in [3.05, 3.63) is 114 Å². The van der Waals surface area contributed by atoms with E-state index in [4.69, 9.17) is 0 Å². The Hall–Kier alpha value is -3.64. The van der Waals surface area contributed by atoms with Gasteiger partial charge in [-0.15, -0.1) is 0 Å². The van der Waals surface area contributed by atoms with Crippen LogP contribution in [0.15, 0.2) is 92.2 Å². The molecule has 0 saturated heterocycles. The van der Waals surface area contributed by atoms with E-state index in [0.717, 1.165) is 32.7 Å². The lowest BCUT2D eigenvalue weighted by Crippen LogP contribution is -2.32. The van der Waals surface area contributed by atoms with E-state index in [1.165, 1.54) is 27.8 Å². The third kappa shape index (κ3) is 7.68. The first-order valence-corrected chi connectivity index (χ1v) is 13.8. The van der Waals surface area contributed by atoms with E-state index in [1.807, 2.05) is 65.1 Å². The van der Waals surface area contributed by atoms with Gasteiger partial charge in [0.15, 0.2) is 0 Å². The maximum atomic E-state index is 4.11. The lowest BCUT2D eigenvalue weighted by molar-refractivity contribution is 0.268. The summed E-state index contributed by atoms with van der Waals surface area (Å²) >= 11 is 0. The summed E-state index contributed by atoms with van der Waals surface area (Å²) in [4.78, 5) is 12.8. The second kappa shape index (κ2) is 14.9. The average molecular weight is 513 g/mol. The number of rotatable bonds is 4. The number of nitrogens with zero attached hydrogens (tertiary/aromatic N) is 6. The Kier molecular flexibility index (Phi) is 11.4. The molecule has 0 spiro atoms. The molecular formula is C32H44N6. The van der Waals surface area contributed by atoms with Crippen molar-refractivity contribution in [2.24, 2.45) is 0 Å². The van der Waals surface area contributed by atoms with Crippen molar-refractivity contribution in [3.63, 3.8) is 0 Å². The first-order chi connectivity index (χ1) is 18.7. The largest absolute Gasteiger partial charge is 0.376 e. The van der Waals surface area contributed by atoms with E-state index >= 15 is 0 Å². The molecule has 0 amide bonds. The first kappa shape index (κ1) is 28.9. The second-order valence-electron chi connectivity index (χ2n) is 9.31. The van der Waals surface area contributed by atoms with E-state index in [1.54, 1.807) is 0 Å². The third-order valence-corrected chi connectivity index (χ3v) is 6.53. The van der Waals surface area contributed by atoms with Crippen molar-refractivity contribution in [1.82, 2.24) is 28.9 Å². The quantitative estimate of drug-likeness (QED) is 0.312. The van der Waals surface area contributed by atoms with Crippen molar-refractivity contribution in [1.29, 1.82) is 0 Å². The molecule has 2 aromatic carbocycles. The zero-order valence-corrected chi connectivity index (χ0v) is 24.0. The molecule has 2 aliphatic heterocycles. The molecule has 0 N–H and O–H groups in total. The predicted molar refractivity (Wildman–Crippen MR) is 159 cm³/mol. The Morgan fingerprint density at radius 1 is 0.763 bits per heavy atom. The van der Waals surface area contributed by atoms with Gasteiger partial charge in [-0.25, -0.2) is 9.97 Å². The van der Waals surface area contributed by atoms with Crippen LogP contribution in [0.5, 0.6) is 0 Å². The molecule has 0 radical (unpaired) electrons. The van der Waals surface area contributed by atoms with Gasteiger partial charge in [0, 0.05) is 70.1 Å². The molecule has 0 saturated carbocycles. The zero-order chi connectivity index (χ0) is 27.3. The van der Waals surface area contributed by atoms with Crippen LogP contribution in [0, 0.1) is 0 Å². The van der Waals surface area contributed by atoms with Gasteiger partial charge in [-0.05, 0) is 34.9 Å². The molecule has 0 bridgehead atoms. The van der Waals surface area contributed by atoms with Gasteiger partial charge >= 0.3 is 0 Å². The van der Waals surface area contributed by atoms with Crippen LogP contribution >= 0.6 is 0 Å². The number of allylic oxidation sites excluding steroid dienone is 1. The highest BCUT2D eigenvalue weighted by atomic mass is 15.1. The lowest BCUT2D eigenvalue weighted by Gasteiger charge is -2.32. The summed E-state index contributed by atoms with van der Waals surface area (Å²) in [7, 11) is 4.31. The molecule has 4 aromatic rings. The number of imidazole rings is 2. The number of hydrogen-bond donors (Lipinski definition) is 0. The highest BCUT2D eigenvalue weighted by molar-refractivity contribution is 5.69. The van der Waals surface area contributed by atoms with E-state index in [2.05, 4.69) is 97.7 Å². The van der Waals surface area contributed by atoms with Gasteiger partial charge < -0.3 is 18.9 Å². The number of benzene rings is 2. The summed E-state index contributed by atoms with van der Waals surface area (Å²) < 4.78 is 4.27. The maximum absolute atomic E-state index is 4.11. The molecule has 202 valence electrons. The van der Waals surface area contributed by atoms with Crippen LogP contribution in [0.4, 0.5) is 0 Å².